The molecule has 0 fully saturated rings. The third kappa shape index (κ3) is 4.86. The zero-order chi connectivity index (χ0) is 22.9. The molecule has 0 spiro atoms. The molecule has 4 aromatic rings. The van der Waals surface area contributed by atoms with Crippen LogP contribution >= 0.6 is 11.3 Å². The van der Waals surface area contributed by atoms with Crippen molar-refractivity contribution in [1.29, 1.82) is 0 Å². The molecule has 3 N–H and O–H groups in total. The fourth-order valence-electron chi connectivity index (χ4n) is 3.05. The van der Waals surface area contributed by atoms with Crippen LogP contribution in [0.4, 0.5) is 0 Å². The van der Waals surface area contributed by atoms with E-state index in [1.165, 1.54) is 18.3 Å². The maximum Gasteiger partial charge on any atom is 0.274 e. The number of rotatable bonds is 8. The molecule has 1 atom stereocenters. The van der Waals surface area contributed by atoms with E-state index in [4.69, 9.17) is 9.56 Å². The van der Waals surface area contributed by atoms with Crippen molar-refractivity contribution in [2.24, 2.45) is 5.14 Å². The fourth-order valence-corrected chi connectivity index (χ4v) is 6.04. The molecule has 0 saturated heterocycles. The van der Waals surface area contributed by atoms with Crippen LogP contribution in [0.3, 0.4) is 0 Å². The van der Waals surface area contributed by atoms with Crippen LogP contribution in [0.1, 0.15) is 29.0 Å². The van der Waals surface area contributed by atoms with E-state index in [2.05, 4.69) is 15.2 Å². The Morgan fingerprint density at radius 3 is 2.50 bits per heavy atom. The molecule has 1 unspecified atom stereocenters. The van der Waals surface area contributed by atoms with Gasteiger partial charge < -0.3 is 4.42 Å². The van der Waals surface area contributed by atoms with E-state index in [0.29, 0.717) is 10.5 Å². The third-order valence-corrected chi connectivity index (χ3v) is 8.36. The van der Waals surface area contributed by atoms with Gasteiger partial charge in [0.2, 0.25) is 11.8 Å². The Hall–Kier alpha value is -2.71. The second kappa shape index (κ2) is 8.67. The molecule has 13 heteroatoms. The van der Waals surface area contributed by atoms with E-state index in [-0.39, 0.29) is 24.1 Å². The third-order valence-electron chi connectivity index (χ3n) is 4.63. The van der Waals surface area contributed by atoms with Gasteiger partial charge in [0.25, 0.3) is 10.2 Å². The molecule has 168 valence electrons. The summed E-state index contributed by atoms with van der Waals surface area (Å²) in [5, 5.41) is 11.5. The van der Waals surface area contributed by atoms with Gasteiger partial charge in [0.15, 0.2) is 15.1 Å². The quantitative estimate of drug-likeness (QED) is 0.378. The smallest absolute Gasteiger partial charge is 0.274 e. The molecule has 0 saturated carbocycles. The number of nitrogens with one attached hydrogen (secondary N) is 1. The van der Waals surface area contributed by atoms with Crippen LogP contribution in [0.2, 0.25) is 0 Å². The molecule has 0 aliphatic rings. The van der Waals surface area contributed by atoms with Crippen molar-refractivity contribution >= 4 is 41.6 Å². The lowest BCUT2D eigenvalue weighted by molar-refractivity contribution is 0.443. The average molecular weight is 494 g/mol. The number of benzene rings is 2. The Balaban J connectivity index is 1.73. The van der Waals surface area contributed by atoms with Crippen LogP contribution in [-0.2, 0) is 26.6 Å². The van der Waals surface area contributed by atoms with E-state index in [1.54, 1.807) is 0 Å². The van der Waals surface area contributed by atoms with Crippen LogP contribution in [0.5, 0.6) is 0 Å². The Morgan fingerprint density at radius 2 is 1.81 bits per heavy atom. The van der Waals surface area contributed by atoms with Gasteiger partial charge in [-0.25, -0.2) is 18.5 Å². The second-order valence-electron chi connectivity index (χ2n) is 6.83. The minimum Gasteiger partial charge on any atom is -0.422 e. The first-order chi connectivity index (χ1) is 15.2. The van der Waals surface area contributed by atoms with Gasteiger partial charge in [-0.2, -0.15) is 13.1 Å². The monoisotopic (exact) mass is 493 g/mol. The molecule has 2 aromatic carbocycles. The summed E-state index contributed by atoms with van der Waals surface area (Å²) in [6.07, 6.45) is 0. The number of nitrogens with zero attached hydrogens (tertiary/aromatic N) is 3. The van der Waals surface area contributed by atoms with Crippen LogP contribution in [0.15, 0.2) is 52.9 Å². The number of hydrogen-bond acceptors (Lipinski definition) is 9. The summed E-state index contributed by atoms with van der Waals surface area (Å²) in [4.78, 5) is 4.51. The number of aromatic nitrogens is 3. The summed E-state index contributed by atoms with van der Waals surface area (Å²) < 4.78 is 56.2. The summed E-state index contributed by atoms with van der Waals surface area (Å²) >= 11 is 1.23. The van der Waals surface area contributed by atoms with E-state index < -0.39 is 25.3 Å². The molecular weight excluding hydrogens is 474 g/mol. The standard InChI is InChI=1S/C19H19N5O5S3/c1-2-31(25,26)17(18-24-23-16(29-18)11-21-32(20,27)28)19-22-14-9-8-13(10-15(14)30-19)12-6-4-3-5-7-12/h3-10,17,21H,2,11H2,1H3,(H2,20,27,28). The SMILES string of the molecule is CCS(=O)(=O)C(c1nnc(CNS(N)(=O)=O)o1)c1nc2ccc(-c3ccccc3)cc2s1. The highest BCUT2D eigenvalue weighted by molar-refractivity contribution is 7.91. The summed E-state index contributed by atoms with van der Waals surface area (Å²) in [7, 11) is -7.69. The first kappa shape index (κ1) is 22.5. The predicted octanol–water partition coefficient (Wildman–Crippen LogP) is 2.16. The largest absolute Gasteiger partial charge is 0.422 e. The maximum atomic E-state index is 12.9. The molecule has 32 heavy (non-hydrogen) atoms. The first-order valence-electron chi connectivity index (χ1n) is 9.43. The van der Waals surface area contributed by atoms with Gasteiger partial charge in [0, 0.05) is 5.75 Å². The van der Waals surface area contributed by atoms with Gasteiger partial charge in [0.1, 0.15) is 5.01 Å². The summed E-state index contributed by atoms with van der Waals surface area (Å²) in [5.41, 5.74) is 2.67. The highest BCUT2D eigenvalue weighted by Gasteiger charge is 2.35. The topological polar surface area (TPSA) is 158 Å². The van der Waals surface area contributed by atoms with Crippen molar-refractivity contribution in [2.75, 3.05) is 5.75 Å². The zero-order valence-corrected chi connectivity index (χ0v) is 19.2. The molecule has 2 aromatic heterocycles. The minimum absolute atomic E-state index is 0.113. The van der Waals surface area contributed by atoms with Gasteiger partial charge in [-0.15, -0.1) is 21.5 Å². The second-order valence-corrected chi connectivity index (χ2v) is 11.6. The van der Waals surface area contributed by atoms with Crippen LogP contribution in [-0.4, -0.2) is 37.8 Å². The number of sulfone groups is 1. The summed E-state index contributed by atoms with van der Waals surface area (Å²) in [5.74, 6) is -0.464. The van der Waals surface area contributed by atoms with Crippen molar-refractivity contribution in [3.63, 3.8) is 0 Å². The van der Waals surface area contributed by atoms with Crippen LogP contribution < -0.4 is 9.86 Å². The first-order valence-corrected chi connectivity index (χ1v) is 13.5. The van der Waals surface area contributed by atoms with Crippen LogP contribution in [0.25, 0.3) is 21.3 Å². The number of nitrogens with two attached hydrogens (primary N) is 1. The Labute approximate surface area is 188 Å². The lowest BCUT2D eigenvalue weighted by Crippen LogP contribution is -2.30. The van der Waals surface area contributed by atoms with E-state index >= 15 is 0 Å². The van der Waals surface area contributed by atoms with E-state index in [9.17, 15) is 16.8 Å². The maximum absolute atomic E-state index is 12.9. The minimum atomic E-state index is -3.97. The van der Waals surface area contributed by atoms with E-state index in [1.807, 2.05) is 53.3 Å². The summed E-state index contributed by atoms with van der Waals surface area (Å²) in [6.45, 7) is 1.16. The van der Waals surface area contributed by atoms with E-state index in [0.717, 1.165) is 15.8 Å². The molecular formula is C19H19N5O5S3. The molecule has 0 aliphatic heterocycles. The average Bonchev–Trinajstić information content (AvgIpc) is 3.39. The zero-order valence-electron chi connectivity index (χ0n) is 16.8. The van der Waals surface area contributed by atoms with Crippen molar-refractivity contribution in [3.8, 4) is 11.1 Å². The normalized spacial score (nSPS) is 13.4. The molecule has 0 aliphatic carbocycles. The van der Waals surface area contributed by atoms with Gasteiger partial charge in [0.05, 0.1) is 16.8 Å². The Morgan fingerprint density at radius 1 is 1.06 bits per heavy atom. The van der Waals surface area contributed by atoms with Crippen molar-refractivity contribution in [3.05, 3.63) is 65.3 Å². The van der Waals surface area contributed by atoms with Gasteiger partial charge >= 0.3 is 0 Å². The van der Waals surface area contributed by atoms with Gasteiger partial charge in [-0.1, -0.05) is 43.3 Å². The highest BCUT2D eigenvalue weighted by Crippen LogP contribution is 2.37. The Kier molecular flexibility index (Phi) is 6.09. The van der Waals surface area contributed by atoms with Crippen molar-refractivity contribution in [1.82, 2.24) is 19.9 Å². The molecule has 10 nitrogen and oxygen atoms in total. The number of thiazole rings is 1. The molecule has 0 radical (unpaired) electrons. The Bertz CT molecular complexity index is 1460. The fraction of sp³-hybridized carbons (Fsp3) is 0.211. The molecule has 0 bridgehead atoms. The summed E-state index contributed by atoms with van der Waals surface area (Å²) in [6, 6.07) is 15.5. The van der Waals surface area contributed by atoms with Crippen molar-refractivity contribution in [2.45, 2.75) is 18.7 Å². The predicted molar refractivity (Wildman–Crippen MR) is 121 cm³/mol. The lowest BCUT2D eigenvalue weighted by atomic mass is 10.1. The number of fused-ring (bicyclic) bond motifs is 1. The highest BCUT2D eigenvalue weighted by atomic mass is 32.2. The lowest BCUT2D eigenvalue weighted by Gasteiger charge is -2.09. The molecule has 2 heterocycles. The van der Waals surface area contributed by atoms with Gasteiger partial charge in [-0.05, 0) is 23.3 Å². The van der Waals surface area contributed by atoms with Crippen molar-refractivity contribution < 1.29 is 21.3 Å². The van der Waals surface area contributed by atoms with Gasteiger partial charge in [-0.3, -0.25) is 0 Å². The van der Waals surface area contributed by atoms with Crippen LogP contribution in [0, 0.1) is 0 Å². The number of hydrogen-bond donors (Lipinski definition) is 2. The molecule has 0 amide bonds. The molecule has 4 rings (SSSR count).